The molecule has 0 aromatic heterocycles. The number of amides is 1. The molecule has 130 valence electrons. The molecule has 1 aromatic rings. The van der Waals surface area contributed by atoms with Crippen LogP contribution < -0.4 is 15.4 Å². The Hall–Kier alpha value is -1.40. The van der Waals surface area contributed by atoms with Crippen LogP contribution in [0.5, 0.6) is 5.75 Å². The van der Waals surface area contributed by atoms with Crippen LogP contribution >= 0.6 is 12.4 Å². The predicted octanol–water partition coefficient (Wildman–Crippen LogP) is 3.20. The Labute approximate surface area is 141 Å². The first-order valence-corrected chi connectivity index (χ1v) is 7.47. The second-order valence-electron chi connectivity index (χ2n) is 5.87. The number of aryl methyl sites for hydroxylation is 2. The average molecular weight is 349 g/mol. The summed E-state index contributed by atoms with van der Waals surface area (Å²) >= 11 is 0. The fourth-order valence-electron chi connectivity index (χ4n) is 2.89. The summed E-state index contributed by atoms with van der Waals surface area (Å²) in [5.74, 6) is -0.0315. The zero-order chi connectivity index (χ0) is 16.3. The van der Waals surface area contributed by atoms with Crippen LogP contribution in [0.4, 0.5) is 8.78 Å². The molecule has 2 atom stereocenters. The molecule has 1 fully saturated rings. The molecular formula is C16H23ClF2N2O2. The van der Waals surface area contributed by atoms with Gasteiger partial charge in [-0.05, 0) is 63.4 Å². The van der Waals surface area contributed by atoms with E-state index in [4.69, 9.17) is 0 Å². The van der Waals surface area contributed by atoms with Crippen molar-refractivity contribution >= 4 is 18.3 Å². The minimum atomic E-state index is -2.87. The first-order chi connectivity index (χ1) is 10.4. The van der Waals surface area contributed by atoms with Crippen LogP contribution in [0.15, 0.2) is 12.1 Å². The number of piperidine rings is 1. The van der Waals surface area contributed by atoms with E-state index in [1.165, 1.54) is 0 Å². The van der Waals surface area contributed by atoms with Gasteiger partial charge < -0.3 is 15.4 Å². The summed E-state index contributed by atoms with van der Waals surface area (Å²) in [6.07, 6.45) is 1.77. The molecule has 23 heavy (non-hydrogen) atoms. The van der Waals surface area contributed by atoms with Crippen molar-refractivity contribution in [2.75, 3.05) is 6.54 Å². The summed E-state index contributed by atoms with van der Waals surface area (Å²) in [4.78, 5) is 12.3. The fraction of sp³-hybridized carbons (Fsp3) is 0.562. The Morgan fingerprint density at radius 2 is 1.96 bits per heavy atom. The standard InChI is InChI=1S/C16H22F2N2O2.ClH/c1-9-6-12(7-10(2)14(9)22-16(17)18)15(21)20-13-4-5-19-11(3)8-13;/h6-7,11,13,16,19H,4-5,8H2,1-3H3,(H,20,21);1H. The van der Waals surface area contributed by atoms with Crippen LogP contribution in [0.25, 0.3) is 0 Å². The van der Waals surface area contributed by atoms with E-state index >= 15 is 0 Å². The van der Waals surface area contributed by atoms with Crippen LogP contribution in [0, 0.1) is 13.8 Å². The minimum Gasteiger partial charge on any atom is -0.434 e. The lowest BCUT2D eigenvalue weighted by Gasteiger charge is -2.28. The van der Waals surface area contributed by atoms with Crippen LogP contribution in [0.1, 0.15) is 41.3 Å². The number of ether oxygens (including phenoxy) is 1. The first-order valence-electron chi connectivity index (χ1n) is 7.47. The van der Waals surface area contributed by atoms with E-state index in [-0.39, 0.29) is 30.1 Å². The molecule has 7 heteroatoms. The number of hydrogen-bond donors (Lipinski definition) is 2. The van der Waals surface area contributed by atoms with Crippen molar-refractivity contribution in [1.29, 1.82) is 0 Å². The number of carbonyl (C=O) groups is 1. The summed E-state index contributed by atoms with van der Waals surface area (Å²) in [6.45, 7) is 3.42. The van der Waals surface area contributed by atoms with Crippen molar-refractivity contribution in [3.63, 3.8) is 0 Å². The van der Waals surface area contributed by atoms with Gasteiger partial charge in [-0.25, -0.2) is 0 Å². The molecule has 2 unspecified atom stereocenters. The van der Waals surface area contributed by atoms with Crippen molar-refractivity contribution in [3.05, 3.63) is 28.8 Å². The number of halogens is 3. The highest BCUT2D eigenvalue weighted by Crippen LogP contribution is 2.26. The second kappa shape index (κ2) is 8.45. The zero-order valence-electron chi connectivity index (χ0n) is 13.5. The summed E-state index contributed by atoms with van der Waals surface area (Å²) in [5.41, 5.74) is 1.54. The third-order valence-corrected chi connectivity index (χ3v) is 3.89. The first kappa shape index (κ1) is 19.6. The lowest BCUT2D eigenvalue weighted by atomic mass is 9.99. The van der Waals surface area contributed by atoms with Crippen LogP contribution in [0.2, 0.25) is 0 Å². The van der Waals surface area contributed by atoms with E-state index < -0.39 is 6.61 Å². The van der Waals surface area contributed by atoms with Gasteiger partial charge in [-0.2, -0.15) is 8.78 Å². The SMILES string of the molecule is Cc1cc(C(=O)NC2CCNC(C)C2)cc(C)c1OC(F)F.Cl. The van der Waals surface area contributed by atoms with Gasteiger partial charge in [0, 0.05) is 17.6 Å². The lowest BCUT2D eigenvalue weighted by molar-refractivity contribution is -0.0507. The molecule has 0 radical (unpaired) electrons. The maximum atomic E-state index is 12.4. The maximum absolute atomic E-state index is 12.4. The molecule has 0 aliphatic carbocycles. The van der Waals surface area contributed by atoms with Gasteiger partial charge in [0.1, 0.15) is 5.75 Å². The highest BCUT2D eigenvalue weighted by Gasteiger charge is 2.21. The van der Waals surface area contributed by atoms with E-state index in [1.807, 2.05) is 0 Å². The molecule has 2 N–H and O–H groups in total. The van der Waals surface area contributed by atoms with Crippen molar-refractivity contribution in [2.24, 2.45) is 0 Å². The number of hydrogen-bond acceptors (Lipinski definition) is 3. The van der Waals surface area contributed by atoms with Gasteiger partial charge in [-0.3, -0.25) is 4.79 Å². The highest BCUT2D eigenvalue weighted by molar-refractivity contribution is 5.95. The summed E-state index contributed by atoms with van der Waals surface area (Å²) in [7, 11) is 0. The number of alkyl halides is 2. The molecule has 1 aliphatic heterocycles. The molecule has 1 heterocycles. The van der Waals surface area contributed by atoms with Crippen LogP contribution in [-0.2, 0) is 0 Å². The zero-order valence-corrected chi connectivity index (χ0v) is 14.3. The van der Waals surface area contributed by atoms with Crippen molar-refractivity contribution in [3.8, 4) is 5.75 Å². The Bertz CT molecular complexity index is 532. The van der Waals surface area contributed by atoms with E-state index in [0.717, 1.165) is 19.4 Å². The van der Waals surface area contributed by atoms with E-state index in [1.54, 1.807) is 26.0 Å². The Morgan fingerprint density at radius 3 is 2.48 bits per heavy atom. The largest absolute Gasteiger partial charge is 0.434 e. The summed E-state index contributed by atoms with van der Waals surface area (Å²) < 4.78 is 29.3. The minimum absolute atomic E-state index is 0. The van der Waals surface area contributed by atoms with Gasteiger partial charge in [0.2, 0.25) is 0 Å². The number of rotatable bonds is 4. The summed E-state index contributed by atoms with van der Waals surface area (Å²) in [6, 6.07) is 3.69. The average Bonchev–Trinajstić information content (AvgIpc) is 2.42. The topological polar surface area (TPSA) is 50.4 Å². The van der Waals surface area contributed by atoms with E-state index in [0.29, 0.717) is 22.7 Å². The Balaban J connectivity index is 0.00000264. The number of carbonyl (C=O) groups excluding carboxylic acids is 1. The van der Waals surface area contributed by atoms with Crippen molar-refractivity contribution in [2.45, 2.75) is 52.3 Å². The van der Waals surface area contributed by atoms with E-state index in [9.17, 15) is 13.6 Å². The molecule has 1 amide bonds. The molecule has 0 bridgehead atoms. The maximum Gasteiger partial charge on any atom is 0.387 e. The van der Waals surface area contributed by atoms with Gasteiger partial charge in [0.15, 0.2) is 0 Å². The number of nitrogens with one attached hydrogen (secondary N) is 2. The molecular weight excluding hydrogens is 326 g/mol. The van der Waals surface area contributed by atoms with Gasteiger partial charge >= 0.3 is 6.61 Å². The molecule has 4 nitrogen and oxygen atoms in total. The molecule has 1 aliphatic rings. The fourth-order valence-corrected chi connectivity index (χ4v) is 2.89. The normalized spacial score (nSPS) is 20.8. The molecule has 1 saturated heterocycles. The third kappa shape index (κ3) is 5.32. The van der Waals surface area contributed by atoms with Crippen LogP contribution in [0.3, 0.4) is 0 Å². The van der Waals surface area contributed by atoms with Crippen molar-refractivity contribution < 1.29 is 18.3 Å². The smallest absolute Gasteiger partial charge is 0.387 e. The number of benzene rings is 1. The molecule has 1 aromatic carbocycles. The Kier molecular flexibility index (Phi) is 7.22. The second-order valence-corrected chi connectivity index (χ2v) is 5.87. The molecule has 0 spiro atoms. The highest BCUT2D eigenvalue weighted by atomic mass is 35.5. The van der Waals surface area contributed by atoms with Gasteiger partial charge in [0.25, 0.3) is 5.91 Å². The van der Waals surface area contributed by atoms with Gasteiger partial charge in [-0.1, -0.05) is 0 Å². The molecule has 2 rings (SSSR count). The van der Waals surface area contributed by atoms with Crippen LogP contribution in [-0.4, -0.2) is 31.1 Å². The van der Waals surface area contributed by atoms with Crippen molar-refractivity contribution in [1.82, 2.24) is 10.6 Å². The molecule has 0 saturated carbocycles. The summed E-state index contributed by atoms with van der Waals surface area (Å²) in [5, 5.41) is 6.34. The lowest BCUT2D eigenvalue weighted by Crippen LogP contribution is -2.46. The third-order valence-electron chi connectivity index (χ3n) is 3.89. The monoisotopic (exact) mass is 348 g/mol. The van der Waals surface area contributed by atoms with Gasteiger partial charge in [0.05, 0.1) is 0 Å². The Morgan fingerprint density at radius 1 is 1.35 bits per heavy atom. The quantitative estimate of drug-likeness (QED) is 0.878. The van der Waals surface area contributed by atoms with E-state index in [2.05, 4.69) is 22.3 Å². The predicted molar refractivity (Wildman–Crippen MR) is 87.7 cm³/mol. The van der Waals surface area contributed by atoms with Gasteiger partial charge in [-0.15, -0.1) is 12.4 Å².